The smallest absolute Gasteiger partial charge is 0.230 e. The molecule has 4 fully saturated rings. The lowest BCUT2D eigenvalue weighted by Gasteiger charge is -2.41. The van der Waals surface area contributed by atoms with Crippen LogP contribution in [0.1, 0.15) is 102 Å². The first-order valence-corrected chi connectivity index (χ1v) is 28.6. The number of amidine groups is 1. The molecule has 0 atom stereocenters. The summed E-state index contributed by atoms with van der Waals surface area (Å²) < 4.78 is 4.96. The number of nitrogens with one attached hydrogen (secondary N) is 3. The van der Waals surface area contributed by atoms with E-state index in [1.54, 1.807) is 11.8 Å². The summed E-state index contributed by atoms with van der Waals surface area (Å²) in [6.45, 7) is 16.1. The Kier molecular flexibility index (Phi) is 16.3. The summed E-state index contributed by atoms with van der Waals surface area (Å²) in [6, 6.07) is 12.7. The number of fused-ring (bicyclic) bond motifs is 8. The molecule has 6 aliphatic rings. The van der Waals surface area contributed by atoms with Gasteiger partial charge in [-0.05, 0) is 102 Å². The molecule has 2 spiro atoms. The monoisotopic (exact) mass is 1020 g/mol. The summed E-state index contributed by atoms with van der Waals surface area (Å²) in [5.41, 5.74) is 11.7. The molecule has 18 nitrogen and oxygen atoms in total. The maximum atomic E-state index is 5.03. The van der Waals surface area contributed by atoms with E-state index in [0.717, 1.165) is 173 Å². The average Bonchev–Trinajstić information content (AvgIpc) is 4.04. The normalized spacial score (nSPS) is 19.4. The van der Waals surface area contributed by atoms with Crippen LogP contribution in [0.15, 0.2) is 71.2 Å². The number of aromatic nitrogens is 8. The van der Waals surface area contributed by atoms with Gasteiger partial charge in [-0.2, -0.15) is 9.97 Å². The molecule has 0 aromatic carbocycles. The summed E-state index contributed by atoms with van der Waals surface area (Å²) in [4.78, 5) is 48.1. The lowest BCUT2D eigenvalue weighted by molar-refractivity contribution is 0.203. The molecule has 5 N–H and O–H groups in total. The minimum Gasteiger partial charge on any atom is -0.369 e. The lowest BCUT2D eigenvalue weighted by atomic mass is 9.80. The zero-order valence-corrected chi connectivity index (χ0v) is 45.3. The van der Waals surface area contributed by atoms with Crippen LogP contribution in [0, 0.1) is 0 Å². The fourth-order valence-electron chi connectivity index (χ4n) is 11.5. The number of piperazine rings is 2. The molecule has 4 aliphatic heterocycles. The standard InChI is InChI=1S/C27H37N9.C25H32N8S.C3H9N/c1-3-11-28-24-22-16-20-17-30-26(33-25(20)36(22)27(19-31-24)9-5-4-6-10-27)32-23-8-7-21(18-29-23)35-14-12-34(2)13-15-35;1-31-10-12-32(13-11-31)19-6-7-21(26-16-19)29-24-27-15-18-14-20-23(34-2)28-17-25(8-4-3-5-9-25)33(20)22(18)30-24;1-2-3-4/h7-8,16-18H,3-6,9-15,19H2,1-2H3,(H,28,31)(H,29,30,32,33);6-7,14-16H,3-5,8-13,17H2,1-2H3,(H,26,27,29,30);2-4H2,1H3. The SMILES string of the molecule is CCCN.CCCNC1=NCC2(CCCCC2)n2c1cc1cnc(Nc3ccc(N4CCN(C)CC4)cn3)nc12.CSC1=NCC2(CCCCC2)n2c1cc1cnc(Nc3ccc(N4CCN(C)CC4)cn3)nc12. The molecule has 394 valence electrons. The van der Waals surface area contributed by atoms with E-state index in [1.807, 2.05) is 36.9 Å². The van der Waals surface area contributed by atoms with E-state index in [9.17, 15) is 0 Å². The van der Waals surface area contributed by atoms with Crippen LogP contribution in [0.5, 0.6) is 0 Å². The summed E-state index contributed by atoms with van der Waals surface area (Å²) >= 11 is 1.72. The third-order valence-electron chi connectivity index (χ3n) is 15.8. The van der Waals surface area contributed by atoms with Crippen molar-refractivity contribution in [3.8, 4) is 0 Å². The molecule has 0 unspecified atom stereocenters. The van der Waals surface area contributed by atoms with E-state index >= 15 is 0 Å². The Bertz CT molecular complexity index is 2860. The lowest BCUT2D eigenvalue weighted by Crippen LogP contribution is -2.46. The van der Waals surface area contributed by atoms with Crippen molar-refractivity contribution >= 4 is 79.6 Å². The third-order valence-corrected chi connectivity index (χ3v) is 16.6. The van der Waals surface area contributed by atoms with Gasteiger partial charge in [-0.25, -0.2) is 19.9 Å². The van der Waals surface area contributed by atoms with Crippen LogP contribution in [0.3, 0.4) is 0 Å². The number of anilines is 6. The Hall–Kier alpha value is -5.89. The van der Waals surface area contributed by atoms with Gasteiger partial charge in [0.2, 0.25) is 11.9 Å². The van der Waals surface area contributed by atoms with Gasteiger partial charge in [0.05, 0.1) is 59.3 Å². The number of aliphatic imine (C=N–C) groups is 2. The molecular weight excluding hydrogens is 945 g/mol. The van der Waals surface area contributed by atoms with E-state index in [4.69, 9.17) is 25.7 Å². The van der Waals surface area contributed by atoms with E-state index in [2.05, 4.69) is 123 Å². The molecule has 19 heteroatoms. The molecule has 2 aliphatic carbocycles. The van der Waals surface area contributed by atoms with Gasteiger partial charge in [0, 0.05) is 82.1 Å². The molecule has 0 amide bonds. The molecule has 6 aromatic heterocycles. The second kappa shape index (κ2) is 23.3. The third kappa shape index (κ3) is 11.1. The summed E-state index contributed by atoms with van der Waals surface area (Å²) in [5.74, 6) is 3.69. The van der Waals surface area contributed by atoms with Crippen LogP contribution in [0.4, 0.5) is 34.9 Å². The van der Waals surface area contributed by atoms with Gasteiger partial charge in [0.15, 0.2) is 0 Å². The quantitative estimate of drug-likeness (QED) is 0.109. The summed E-state index contributed by atoms with van der Waals surface area (Å²) in [6.07, 6.45) is 24.3. The van der Waals surface area contributed by atoms with Crippen LogP contribution in [0.2, 0.25) is 0 Å². The number of rotatable bonds is 9. The van der Waals surface area contributed by atoms with Crippen LogP contribution in [0.25, 0.3) is 22.1 Å². The zero-order chi connectivity index (χ0) is 51.1. The average molecular weight is 1020 g/mol. The van der Waals surface area contributed by atoms with Crippen LogP contribution in [-0.2, 0) is 11.1 Å². The number of likely N-dealkylation sites (N-methyl/N-ethyl adjacent to an activating group) is 2. The Morgan fingerprint density at radius 2 is 1.05 bits per heavy atom. The Balaban J connectivity index is 0.000000158. The van der Waals surface area contributed by atoms with E-state index in [-0.39, 0.29) is 11.1 Å². The van der Waals surface area contributed by atoms with Gasteiger partial charge in [0.1, 0.15) is 33.8 Å². The number of hydrogen-bond acceptors (Lipinski definition) is 17. The summed E-state index contributed by atoms with van der Waals surface area (Å²) in [5, 5.41) is 13.5. The Labute approximate surface area is 441 Å². The highest BCUT2D eigenvalue weighted by molar-refractivity contribution is 8.13. The van der Waals surface area contributed by atoms with Crippen LogP contribution in [-0.4, -0.2) is 159 Å². The van der Waals surface area contributed by atoms with Gasteiger partial charge in [0.25, 0.3) is 0 Å². The van der Waals surface area contributed by atoms with Crippen molar-refractivity contribution in [3.63, 3.8) is 0 Å². The molecule has 2 saturated heterocycles. The first kappa shape index (κ1) is 51.6. The second-order valence-electron chi connectivity index (χ2n) is 21.1. The highest BCUT2D eigenvalue weighted by Crippen LogP contribution is 2.43. The fraction of sp³-hybridized carbons (Fsp3) is 0.564. The second-order valence-corrected chi connectivity index (χ2v) is 21.9. The molecule has 0 radical (unpaired) electrons. The maximum absolute atomic E-state index is 5.03. The molecule has 74 heavy (non-hydrogen) atoms. The minimum atomic E-state index is 0.0146. The maximum Gasteiger partial charge on any atom is 0.230 e. The molecule has 12 rings (SSSR count). The number of hydrogen-bond donors (Lipinski definition) is 4. The van der Waals surface area contributed by atoms with Crippen LogP contribution >= 0.6 is 11.8 Å². The van der Waals surface area contributed by atoms with Gasteiger partial charge in [-0.1, -0.05) is 52.4 Å². The van der Waals surface area contributed by atoms with Crippen LogP contribution < -0.4 is 31.5 Å². The molecule has 10 heterocycles. The topological polar surface area (TPSA) is 187 Å². The fourth-order valence-corrected chi connectivity index (χ4v) is 12.1. The number of pyridine rings is 2. The van der Waals surface area contributed by atoms with Gasteiger partial charge < -0.3 is 50.4 Å². The van der Waals surface area contributed by atoms with Crippen molar-refractivity contribution in [3.05, 3.63) is 72.6 Å². The predicted octanol–water partition coefficient (Wildman–Crippen LogP) is 8.20. The number of nitrogens with zero attached hydrogens (tertiary/aromatic N) is 14. The molecule has 0 bridgehead atoms. The van der Waals surface area contributed by atoms with E-state index in [0.29, 0.717) is 11.9 Å². The van der Waals surface area contributed by atoms with E-state index < -0.39 is 0 Å². The number of thioether (sulfide) groups is 1. The first-order valence-electron chi connectivity index (χ1n) is 27.4. The Morgan fingerprint density at radius 3 is 1.50 bits per heavy atom. The summed E-state index contributed by atoms with van der Waals surface area (Å²) in [7, 11) is 4.35. The van der Waals surface area contributed by atoms with Crippen molar-refractivity contribution < 1.29 is 0 Å². The van der Waals surface area contributed by atoms with Gasteiger partial charge in [-0.3, -0.25) is 9.98 Å². The Morgan fingerprint density at radius 1 is 0.581 bits per heavy atom. The number of nitrogens with two attached hydrogens (primary N) is 1. The molecule has 6 aromatic rings. The highest BCUT2D eigenvalue weighted by Gasteiger charge is 2.42. The predicted molar refractivity (Wildman–Crippen MR) is 306 cm³/mol. The van der Waals surface area contributed by atoms with Crippen molar-refractivity contribution in [2.45, 2.75) is 102 Å². The first-order chi connectivity index (χ1) is 36.2. The van der Waals surface area contributed by atoms with Crippen molar-refractivity contribution in [2.75, 3.05) is 119 Å². The molecular formula is C55H78N18S. The van der Waals surface area contributed by atoms with Crippen molar-refractivity contribution in [2.24, 2.45) is 15.7 Å². The highest BCUT2D eigenvalue weighted by atomic mass is 32.2. The van der Waals surface area contributed by atoms with E-state index in [1.165, 1.54) is 49.9 Å². The van der Waals surface area contributed by atoms with Gasteiger partial charge >= 0.3 is 0 Å². The zero-order valence-electron chi connectivity index (χ0n) is 44.5. The van der Waals surface area contributed by atoms with Crippen molar-refractivity contribution in [1.82, 2.24) is 54.2 Å². The van der Waals surface area contributed by atoms with Gasteiger partial charge in [-0.15, -0.1) is 11.8 Å². The van der Waals surface area contributed by atoms with Crippen molar-refractivity contribution in [1.29, 1.82) is 0 Å². The molecule has 2 saturated carbocycles. The minimum absolute atomic E-state index is 0.0146. The largest absolute Gasteiger partial charge is 0.369 e.